The maximum Gasteiger partial charge on any atom is 0.130 e. The summed E-state index contributed by atoms with van der Waals surface area (Å²) in [5.74, 6) is 1.64. The molecule has 0 bridgehead atoms. The predicted molar refractivity (Wildman–Crippen MR) is 81.3 cm³/mol. The molecular weight excluding hydrogens is 250 g/mol. The summed E-state index contributed by atoms with van der Waals surface area (Å²) in [6.45, 7) is 4.64. The summed E-state index contributed by atoms with van der Waals surface area (Å²) in [4.78, 5) is 0. The third kappa shape index (κ3) is 3.59. The van der Waals surface area contributed by atoms with Gasteiger partial charge in [0.25, 0.3) is 0 Å². The standard InChI is InChI=1S/C17H21NO2/c1-12-4-9-17(13(2)10-12)20-15-7-5-14(6-8-15)16(19)11-18-3/h4-10,16,18-19H,11H2,1-3H3. The van der Waals surface area contributed by atoms with E-state index in [0.29, 0.717) is 6.54 Å². The lowest BCUT2D eigenvalue weighted by Gasteiger charge is -2.12. The van der Waals surface area contributed by atoms with Crippen LogP contribution in [0.4, 0.5) is 0 Å². The average molecular weight is 271 g/mol. The van der Waals surface area contributed by atoms with Crippen LogP contribution in [0.1, 0.15) is 22.8 Å². The van der Waals surface area contributed by atoms with Crippen molar-refractivity contribution < 1.29 is 9.84 Å². The molecule has 1 atom stereocenters. The van der Waals surface area contributed by atoms with Gasteiger partial charge in [0.2, 0.25) is 0 Å². The Balaban J connectivity index is 2.10. The van der Waals surface area contributed by atoms with Gasteiger partial charge >= 0.3 is 0 Å². The third-order valence-electron chi connectivity index (χ3n) is 3.22. The maximum absolute atomic E-state index is 9.87. The molecule has 106 valence electrons. The van der Waals surface area contributed by atoms with Gasteiger partial charge in [-0.05, 0) is 50.2 Å². The molecule has 2 aromatic carbocycles. The molecule has 2 rings (SSSR count). The van der Waals surface area contributed by atoms with Crippen LogP contribution in [0.3, 0.4) is 0 Å². The van der Waals surface area contributed by atoms with Crippen LogP contribution in [0.15, 0.2) is 42.5 Å². The minimum absolute atomic E-state index is 0.491. The fourth-order valence-electron chi connectivity index (χ4n) is 2.11. The SMILES string of the molecule is CNCC(O)c1ccc(Oc2ccc(C)cc2C)cc1. The number of benzene rings is 2. The molecule has 1 unspecified atom stereocenters. The van der Waals surface area contributed by atoms with E-state index >= 15 is 0 Å². The highest BCUT2D eigenvalue weighted by Crippen LogP contribution is 2.26. The number of ether oxygens (including phenoxy) is 1. The van der Waals surface area contributed by atoms with Crippen LogP contribution in [0.2, 0.25) is 0 Å². The Bertz CT molecular complexity index is 564. The minimum atomic E-state index is -0.491. The minimum Gasteiger partial charge on any atom is -0.457 e. The summed E-state index contributed by atoms with van der Waals surface area (Å²) in [6.07, 6.45) is -0.491. The van der Waals surface area contributed by atoms with Crippen molar-refractivity contribution in [3.05, 3.63) is 59.2 Å². The zero-order chi connectivity index (χ0) is 14.5. The van der Waals surface area contributed by atoms with E-state index < -0.39 is 6.10 Å². The fourth-order valence-corrected chi connectivity index (χ4v) is 2.11. The van der Waals surface area contributed by atoms with E-state index in [0.717, 1.165) is 22.6 Å². The molecule has 2 N–H and O–H groups in total. The summed E-state index contributed by atoms with van der Waals surface area (Å²) in [5.41, 5.74) is 3.22. The highest BCUT2D eigenvalue weighted by molar-refractivity contribution is 5.40. The van der Waals surface area contributed by atoms with E-state index in [2.05, 4.69) is 18.3 Å². The highest BCUT2D eigenvalue weighted by atomic mass is 16.5. The molecule has 3 heteroatoms. The topological polar surface area (TPSA) is 41.5 Å². The normalized spacial score (nSPS) is 12.2. The predicted octanol–water partition coefficient (Wildman–Crippen LogP) is 3.35. The Morgan fingerprint density at radius 1 is 1.10 bits per heavy atom. The lowest BCUT2D eigenvalue weighted by Crippen LogP contribution is -2.16. The number of nitrogens with one attached hydrogen (secondary N) is 1. The number of aryl methyl sites for hydroxylation is 2. The monoisotopic (exact) mass is 271 g/mol. The lowest BCUT2D eigenvalue weighted by atomic mass is 10.1. The molecule has 3 nitrogen and oxygen atoms in total. The molecule has 0 heterocycles. The second-order valence-corrected chi connectivity index (χ2v) is 5.01. The second-order valence-electron chi connectivity index (χ2n) is 5.01. The summed E-state index contributed by atoms with van der Waals surface area (Å²) < 4.78 is 5.86. The zero-order valence-electron chi connectivity index (χ0n) is 12.2. The van der Waals surface area contributed by atoms with Gasteiger partial charge in [-0.15, -0.1) is 0 Å². The van der Waals surface area contributed by atoms with E-state index in [4.69, 9.17) is 4.74 Å². The fraction of sp³-hybridized carbons (Fsp3) is 0.294. The Kier molecular flexibility index (Phi) is 4.77. The van der Waals surface area contributed by atoms with Crippen LogP contribution >= 0.6 is 0 Å². The number of hydrogen-bond donors (Lipinski definition) is 2. The van der Waals surface area contributed by atoms with Crippen LogP contribution in [0, 0.1) is 13.8 Å². The number of likely N-dealkylation sites (N-methyl/N-ethyl adjacent to an activating group) is 1. The largest absolute Gasteiger partial charge is 0.457 e. The second kappa shape index (κ2) is 6.55. The first-order valence-corrected chi connectivity index (χ1v) is 6.78. The van der Waals surface area contributed by atoms with Crippen LogP contribution in [0.5, 0.6) is 11.5 Å². The summed E-state index contributed by atoms with van der Waals surface area (Å²) in [7, 11) is 1.82. The molecule has 0 radical (unpaired) electrons. The van der Waals surface area contributed by atoms with Crippen molar-refractivity contribution in [2.75, 3.05) is 13.6 Å². The van der Waals surface area contributed by atoms with Gasteiger partial charge < -0.3 is 15.2 Å². The molecule has 0 spiro atoms. The van der Waals surface area contributed by atoms with Crippen molar-refractivity contribution in [3.8, 4) is 11.5 Å². The van der Waals surface area contributed by atoms with Gasteiger partial charge in [0.15, 0.2) is 0 Å². The van der Waals surface area contributed by atoms with Crippen molar-refractivity contribution in [3.63, 3.8) is 0 Å². The van der Waals surface area contributed by atoms with Gasteiger partial charge in [0.1, 0.15) is 11.5 Å². The van der Waals surface area contributed by atoms with E-state index in [1.807, 2.05) is 50.4 Å². The molecule has 0 amide bonds. The Morgan fingerprint density at radius 3 is 2.40 bits per heavy atom. The van der Waals surface area contributed by atoms with Crippen molar-refractivity contribution in [2.24, 2.45) is 0 Å². The van der Waals surface area contributed by atoms with Gasteiger partial charge in [0, 0.05) is 6.54 Å². The third-order valence-corrected chi connectivity index (χ3v) is 3.22. The lowest BCUT2D eigenvalue weighted by molar-refractivity contribution is 0.177. The molecule has 0 saturated carbocycles. The maximum atomic E-state index is 9.87. The van der Waals surface area contributed by atoms with Gasteiger partial charge in [-0.25, -0.2) is 0 Å². The highest BCUT2D eigenvalue weighted by Gasteiger charge is 2.07. The van der Waals surface area contributed by atoms with E-state index in [1.54, 1.807) is 0 Å². The van der Waals surface area contributed by atoms with Crippen LogP contribution < -0.4 is 10.1 Å². The zero-order valence-corrected chi connectivity index (χ0v) is 12.2. The first kappa shape index (κ1) is 14.6. The first-order valence-electron chi connectivity index (χ1n) is 6.78. The molecular formula is C17H21NO2. The summed E-state index contributed by atoms with van der Waals surface area (Å²) >= 11 is 0. The quantitative estimate of drug-likeness (QED) is 0.876. The van der Waals surface area contributed by atoms with Gasteiger partial charge in [-0.1, -0.05) is 29.8 Å². The first-order chi connectivity index (χ1) is 9.60. The van der Waals surface area contributed by atoms with E-state index in [1.165, 1.54) is 5.56 Å². The Morgan fingerprint density at radius 2 is 1.80 bits per heavy atom. The van der Waals surface area contributed by atoms with Gasteiger partial charge in [-0.3, -0.25) is 0 Å². The van der Waals surface area contributed by atoms with Crippen molar-refractivity contribution in [2.45, 2.75) is 20.0 Å². The summed E-state index contributed by atoms with van der Waals surface area (Å²) in [6, 6.07) is 13.7. The van der Waals surface area contributed by atoms with Crippen LogP contribution in [0.25, 0.3) is 0 Å². The molecule has 0 fully saturated rings. The van der Waals surface area contributed by atoms with Crippen molar-refractivity contribution in [1.29, 1.82) is 0 Å². The number of aliphatic hydroxyl groups is 1. The molecule has 20 heavy (non-hydrogen) atoms. The van der Waals surface area contributed by atoms with Crippen molar-refractivity contribution in [1.82, 2.24) is 5.32 Å². The van der Waals surface area contributed by atoms with Crippen LogP contribution in [-0.2, 0) is 0 Å². The van der Waals surface area contributed by atoms with Gasteiger partial charge in [-0.2, -0.15) is 0 Å². The molecule has 0 aliphatic rings. The molecule has 0 saturated heterocycles. The Hall–Kier alpha value is -1.84. The van der Waals surface area contributed by atoms with Gasteiger partial charge in [0.05, 0.1) is 6.10 Å². The number of rotatable bonds is 5. The van der Waals surface area contributed by atoms with Crippen molar-refractivity contribution >= 4 is 0 Å². The number of hydrogen-bond acceptors (Lipinski definition) is 3. The van der Waals surface area contributed by atoms with E-state index in [-0.39, 0.29) is 0 Å². The Labute approximate surface area is 120 Å². The molecule has 0 aliphatic heterocycles. The van der Waals surface area contributed by atoms with E-state index in [9.17, 15) is 5.11 Å². The molecule has 0 aromatic heterocycles. The smallest absolute Gasteiger partial charge is 0.130 e. The average Bonchev–Trinajstić information content (AvgIpc) is 2.43. The molecule has 0 aliphatic carbocycles. The number of aliphatic hydroxyl groups excluding tert-OH is 1. The van der Waals surface area contributed by atoms with Crippen LogP contribution in [-0.4, -0.2) is 18.7 Å². The summed E-state index contributed by atoms with van der Waals surface area (Å²) in [5, 5.41) is 12.8. The molecule has 2 aromatic rings.